The Morgan fingerprint density at radius 1 is 1.07 bits per heavy atom. The number of nitrogens with one attached hydrogen (secondary N) is 1. The van der Waals surface area contributed by atoms with Crippen LogP contribution < -0.4 is 5.32 Å². The van der Waals surface area contributed by atoms with Gasteiger partial charge in [0, 0.05) is 45.7 Å². The highest BCUT2D eigenvalue weighted by Crippen LogP contribution is 2.23. The maximum Gasteiger partial charge on any atom is 0.261 e. The van der Waals surface area contributed by atoms with Crippen molar-refractivity contribution in [3.8, 4) is 0 Å². The molecule has 0 fully saturated rings. The molecule has 2 aromatic carbocycles. The summed E-state index contributed by atoms with van der Waals surface area (Å²) in [5, 5.41) is 4.92. The Balaban J connectivity index is 1.37. The third-order valence-electron chi connectivity index (χ3n) is 4.74. The van der Waals surface area contributed by atoms with Crippen molar-refractivity contribution in [3.63, 3.8) is 0 Å². The number of hydrogen-bond acceptors (Lipinski definition) is 6. The lowest BCUT2D eigenvalue weighted by Gasteiger charge is -2.12. The summed E-state index contributed by atoms with van der Waals surface area (Å²) in [6.45, 7) is 0.216. The minimum atomic E-state index is -0.337. The molecule has 0 unspecified atom stereocenters. The van der Waals surface area contributed by atoms with Crippen molar-refractivity contribution in [3.05, 3.63) is 81.2 Å². The molecule has 0 aliphatic carbocycles. The van der Waals surface area contributed by atoms with Crippen molar-refractivity contribution in [1.82, 2.24) is 9.88 Å². The normalized spacial score (nSPS) is 12.8. The molecule has 0 saturated heterocycles. The van der Waals surface area contributed by atoms with Crippen LogP contribution >= 0.6 is 11.3 Å². The van der Waals surface area contributed by atoms with E-state index in [1.807, 2.05) is 0 Å². The molecule has 0 radical (unpaired) electrons. The van der Waals surface area contributed by atoms with Crippen LogP contribution in [0.2, 0.25) is 0 Å². The van der Waals surface area contributed by atoms with E-state index in [4.69, 9.17) is 0 Å². The summed E-state index contributed by atoms with van der Waals surface area (Å²) in [5.74, 6) is -0.936. The van der Waals surface area contributed by atoms with E-state index in [9.17, 15) is 19.3 Å². The van der Waals surface area contributed by atoms with E-state index in [1.54, 1.807) is 53.9 Å². The Kier molecular flexibility index (Phi) is 5.20. The van der Waals surface area contributed by atoms with Gasteiger partial charge in [0.25, 0.3) is 23.4 Å². The number of aromatic nitrogens is 1. The standard InChI is InChI=1S/C21H16N4O4S/c1-24(29)15-8-6-13(7-9-15)18(26)23-21-22-14(12-30-21)10-11-25-19(27)16-4-2-3-5-17(16)20(25)28/h2-9,12H,10-11H2,1H3/p+1. The lowest BCUT2D eigenvalue weighted by molar-refractivity contribution is -0.428. The second kappa shape index (κ2) is 7.96. The molecule has 0 atom stereocenters. The molecule has 0 saturated carbocycles. The number of anilines is 1. The van der Waals surface area contributed by atoms with Crippen LogP contribution in [-0.2, 0) is 6.42 Å². The van der Waals surface area contributed by atoms with Gasteiger partial charge < -0.3 is 0 Å². The second-order valence-corrected chi connectivity index (χ2v) is 7.56. The fourth-order valence-electron chi connectivity index (χ4n) is 3.14. The first kappa shape index (κ1) is 19.6. The molecule has 8 nitrogen and oxygen atoms in total. The van der Waals surface area contributed by atoms with E-state index in [-0.39, 0.29) is 24.3 Å². The van der Waals surface area contributed by atoms with Gasteiger partial charge in [-0.15, -0.1) is 11.3 Å². The monoisotopic (exact) mass is 421 g/mol. The summed E-state index contributed by atoms with van der Waals surface area (Å²) in [6, 6.07) is 13.0. The molecular formula is C21H17N4O4S+. The fourth-order valence-corrected chi connectivity index (χ4v) is 3.88. The molecule has 9 heteroatoms. The van der Waals surface area contributed by atoms with Gasteiger partial charge in [0.1, 0.15) is 0 Å². The van der Waals surface area contributed by atoms with Crippen molar-refractivity contribution < 1.29 is 19.1 Å². The van der Waals surface area contributed by atoms with Crippen LogP contribution in [0, 0.1) is 4.91 Å². The highest BCUT2D eigenvalue weighted by atomic mass is 32.1. The molecule has 1 aliphatic rings. The third-order valence-corrected chi connectivity index (χ3v) is 5.54. The van der Waals surface area contributed by atoms with Crippen LogP contribution in [0.1, 0.15) is 36.8 Å². The number of imide groups is 1. The van der Waals surface area contributed by atoms with Gasteiger partial charge in [-0.05, 0) is 24.3 Å². The molecule has 1 aliphatic heterocycles. The minimum Gasteiger partial charge on any atom is -0.298 e. The zero-order chi connectivity index (χ0) is 21.3. The smallest absolute Gasteiger partial charge is 0.261 e. The van der Waals surface area contributed by atoms with E-state index >= 15 is 0 Å². The summed E-state index contributed by atoms with van der Waals surface area (Å²) in [4.78, 5) is 54.0. The highest BCUT2D eigenvalue weighted by molar-refractivity contribution is 7.14. The highest BCUT2D eigenvalue weighted by Gasteiger charge is 2.34. The number of nitroso groups, excluding NO2 is 1. The topological polar surface area (TPSA) is 99.4 Å². The summed E-state index contributed by atoms with van der Waals surface area (Å²) in [5.41, 5.74) is 2.38. The predicted molar refractivity (Wildman–Crippen MR) is 111 cm³/mol. The second-order valence-electron chi connectivity index (χ2n) is 6.70. The van der Waals surface area contributed by atoms with Crippen molar-refractivity contribution >= 4 is 39.9 Å². The number of thiazole rings is 1. The predicted octanol–water partition coefficient (Wildman–Crippen LogP) is 3.27. The Morgan fingerprint density at radius 2 is 1.70 bits per heavy atom. The van der Waals surface area contributed by atoms with E-state index in [1.165, 1.54) is 23.3 Å². The molecule has 3 amide bonds. The molecule has 30 heavy (non-hydrogen) atoms. The summed E-state index contributed by atoms with van der Waals surface area (Å²) < 4.78 is 0.711. The quantitative estimate of drug-likeness (QED) is 0.486. The Morgan fingerprint density at radius 3 is 2.30 bits per heavy atom. The van der Waals surface area contributed by atoms with Gasteiger partial charge in [-0.25, -0.2) is 4.98 Å². The van der Waals surface area contributed by atoms with Gasteiger partial charge in [-0.3, -0.25) is 24.6 Å². The van der Waals surface area contributed by atoms with Crippen molar-refractivity contribution in [2.24, 2.45) is 0 Å². The van der Waals surface area contributed by atoms with Crippen molar-refractivity contribution in [2.75, 3.05) is 18.9 Å². The van der Waals surface area contributed by atoms with Crippen LogP contribution in [0.15, 0.2) is 53.9 Å². The van der Waals surface area contributed by atoms with Gasteiger partial charge >= 0.3 is 0 Å². The van der Waals surface area contributed by atoms with Crippen LogP contribution in [0.3, 0.4) is 0 Å². The largest absolute Gasteiger partial charge is 0.298 e. The zero-order valence-corrected chi connectivity index (χ0v) is 16.8. The number of amides is 3. The fraction of sp³-hybridized carbons (Fsp3) is 0.143. The maximum atomic E-state index is 12.4. The number of nitrogens with zero attached hydrogens (tertiary/aromatic N) is 3. The van der Waals surface area contributed by atoms with Gasteiger partial charge in [-0.1, -0.05) is 12.1 Å². The van der Waals surface area contributed by atoms with Crippen LogP contribution in [-0.4, -0.2) is 46.0 Å². The number of hydrogen-bond donors (Lipinski definition) is 1. The number of rotatable bonds is 6. The van der Waals surface area contributed by atoms with Crippen LogP contribution in [0.5, 0.6) is 0 Å². The Bertz CT molecular complexity index is 1130. The van der Waals surface area contributed by atoms with Gasteiger partial charge in [-0.2, -0.15) is 0 Å². The van der Waals surface area contributed by atoms with Gasteiger partial charge in [0.2, 0.25) is 0 Å². The zero-order valence-electron chi connectivity index (χ0n) is 16.0. The van der Waals surface area contributed by atoms with Crippen molar-refractivity contribution in [2.45, 2.75) is 6.42 Å². The molecule has 0 spiro atoms. The average molecular weight is 421 g/mol. The van der Waals surface area contributed by atoms with E-state index in [0.717, 1.165) is 0 Å². The molecular weight excluding hydrogens is 404 g/mol. The molecule has 3 aromatic rings. The number of fused-ring (bicyclic) bond motifs is 1. The van der Waals surface area contributed by atoms with E-state index in [2.05, 4.69) is 10.3 Å². The number of carbonyl (C=O) groups excluding carboxylic acids is 3. The lowest BCUT2D eigenvalue weighted by Crippen LogP contribution is -2.31. The van der Waals surface area contributed by atoms with Crippen LogP contribution in [0.25, 0.3) is 0 Å². The molecule has 150 valence electrons. The SMILES string of the molecule is C[N+](=O)c1ccc(C(=O)Nc2nc(CCN3C(=O)c4ccccc4C3=O)cs2)cc1. The summed E-state index contributed by atoms with van der Waals surface area (Å²) >= 11 is 1.26. The average Bonchev–Trinajstić information content (AvgIpc) is 3.29. The maximum absolute atomic E-state index is 12.4. The summed E-state index contributed by atoms with van der Waals surface area (Å²) in [7, 11) is 1.38. The molecule has 2 heterocycles. The number of benzene rings is 2. The third kappa shape index (κ3) is 3.74. The van der Waals surface area contributed by atoms with E-state index in [0.29, 0.717) is 44.4 Å². The summed E-state index contributed by atoms with van der Waals surface area (Å²) in [6.07, 6.45) is 0.391. The Labute approximate surface area is 175 Å². The number of carbonyl (C=O) groups is 3. The van der Waals surface area contributed by atoms with Gasteiger partial charge in [0.05, 0.1) is 16.8 Å². The first-order valence-electron chi connectivity index (χ1n) is 9.16. The molecule has 1 N–H and O–H groups in total. The van der Waals surface area contributed by atoms with E-state index < -0.39 is 0 Å². The Hall–Kier alpha value is -3.72. The van der Waals surface area contributed by atoms with Gasteiger partial charge in [0.15, 0.2) is 12.2 Å². The first-order valence-corrected chi connectivity index (χ1v) is 10.0. The van der Waals surface area contributed by atoms with Crippen LogP contribution in [0.4, 0.5) is 10.8 Å². The lowest BCUT2D eigenvalue weighted by atomic mass is 10.1. The molecule has 0 bridgehead atoms. The molecule has 4 rings (SSSR count). The minimum absolute atomic E-state index is 0.216. The first-order chi connectivity index (χ1) is 14.4. The molecule has 1 aromatic heterocycles. The van der Waals surface area contributed by atoms with Crippen molar-refractivity contribution in [1.29, 1.82) is 0 Å².